The lowest BCUT2D eigenvalue weighted by molar-refractivity contribution is 0.250. The third kappa shape index (κ3) is 9.01. The Balaban J connectivity index is 1.73. The summed E-state index contributed by atoms with van der Waals surface area (Å²) in [5.74, 6) is 0. The summed E-state index contributed by atoms with van der Waals surface area (Å²) in [7, 11) is 0. The molecule has 0 spiro atoms. The highest BCUT2D eigenvalue weighted by Gasteiger charge is 2.07. The van der Waals surface area contributed by atoms with Crippen LogP contribution in [0.3, 0.4) is 0 Å². The van der Waals surface area contributed by atoms with Crippen LogP contribution in [0.5, 0.6) is 0 Å². The lowest BCUT2D eigenvalue weighted by Gasteiger charge is -2.22. The summed E-state index contributed by atoms with van der Waals surface area (Å²) in [5, 5.41) is 0. The molecule has 0 aromatic heterocycles. The average molecular weight is 350 g/mol. The standard InChI is InChI=1S/C25H35N/c1-2-3-4-5-6-7-8-9-16-21-26(22-24-17-12-10-13-18-24)23-25-19-14-11-15-20-25/h4-5,10-15,17-20H,2-3,6-9,16,21-23H2,1H3/b5-4+. The van der Waals surface area contributed by atoms with Gasteiger partial charge in [-0.2, -0.15) is 0 Å². The van der Waals surface area contributed by atoms with Crippen molar-refractivity contribution >= 4 is 0 Å². The van der Waals surface area contributed by atoms with Crippen molar-refractivity contribution in [3.8, 4) is 0 Å². The van der Waals surface area contributed by atoms with Gasteiger partial charge in [0.2, 0.25) is 0 Å². The maximum Gasteiger partial charge on any atom is 0.0237 e. The first-order chi connectivity index (χ1) is 12.9. The monoisotopic (exact) mass is 349 g/mol. The van der Waals surface area contributed by atoms with Gasteiger partial charge in [-0.25, -0.2) is 0 Å². The van der Waals surface area contributed by atoms with Crippen LogP contribution in [0.2, 0.25) is 0 Å². The molecule has 1 heteroatoms. The van der Waals surface area contributed by atoms with Crippen LogP contribution in [0.15, 0.2) is 72.8 Å². The van der Waals surface area contributed by atoms with Crippen molar-refractivity contribution in [1.29, 1.82) is 0 Å². The van der Waals surface area contributed by atoms with Crippen molar-refractivity contribution in [3.63, 3.8) is 0 Å². The molecule has 2 rings (SSSR count). The zero-order valence-corrected chi connectivity index (χ0v) is 16.4. The van der Waals surface area contributed by atoms with Gasteiger partial charge in [0.1, 0.15) is 0 Å². The molecule has 1 nitrogen and oxygen atoms in total. The molecule has 0 amide bonds. The summed E-state index contributed by atoms with van der Waals surface area (Å²) in [4.78, 5) is 2.59. The van der Waals surface area contributed by atoms with Crippen molar-refractivity contribution in [2.24, 2.45) is 0 Å². The Kier molecular flexibility index (Phi) is 10.5. The van der Waals surface area contributed by atoms with Crippen LogP contribution in [0.25, 0.3) is 0 Å². The largest absolute Gasteiger partial charge is 0.295 e. The molecule has 0 unspecified atom stereocenters. The topological polar surface area (TPSA) is 3.24 Å². The molecule has 0 aliphatic heterocycles. The van der Waals surface area contributed by atoms with Crippen molar-refractivity contribution in [2.75, 3.05) is 6.54 Å². The van der Waals surface area contributed by atoms with E-state index >= 15 is 0 Å². The maximum atomic E-state index is 2.59. The molecule has 0 heterocycles. The van der Waals surface area contributed by atoms with E-state index in [-0.39, 0.29) is 0 Å². The van der Waals surface area contributed by atoms with E-state index in [0.29, 0.717) is 0 Å². The molecule has 0 atom stereocenters. The lowest BCUT2D eigenvalue weighted by atomic mass is 10.1. The van der Waals surface area contributed by atoms with Gasteiger partial charge in [-0.3, -0.25) is 4.90 Å². The molecule has 0 aliphatic rings. The van der Waals surface area contributed by atoms with E-state index in [9.17, 15) is 0 Å². The van der Waals surface area contributed by atoms with Crippen LogP contribution in [-0.2, 0) is 13.1 Å². The predicted molar refractivity (Wildman–Crippen MR) is 114 cm³/mol. The Morgan fingerprint density at radius 1 is 0.654 bits per heavy atom. The molecule has 0 saturated carbocycles. The van der Waals surface area contributed by atoms with Crippen LogP contribution >= 0.6 is 0 Å². The molecular formula is C25H35N. The van der Waals surface area contributed by atoms with Gasteiger partial charge in [-0.05, 0) is 43.4 Å². The van der Waals surface area contributed by atoms with Gasteiger partial charge in [0.15, 0.2) is 0 Å². The van der Waals surface area contributed by atoms with Gasteiger partial charge in [-0.15, -0.1) is 0 Å². The Hall–Kier alpha value is -1.86. The number of allylic oxidation sites excluding steroid dienone is 2. The third-order valence-electron chi connectivity index (χ3n) is 4.72. The zero-order chi connectivity index (χ0) is 18.3. The minimum absolute atomic E-state index is 1.04. The highest BCUT2D eigenvalue weighted by Crippen LogP contribution is 2.12. The summed E-state index contributed by atoms with van der Waals surface area (Å²) < 4.78 is 0. The van der Waals surface area contributed by atoms with E-state index in [1.54, 1.807) is 0 Å². The van der Waals surface area contributed by atoms with E-state index in [0.717, 1.165) is 13.1 Å². The van der Waals surface area contributed by atoms with Crippen molar-refractivity contribution in [1.82, 2.24) is 4.90 Å². The van der Waals surface area contributed by atoms with Crippen LogP contribution in [0.1, 0.15) is 63.0 Å². The Morgan fingerprint density at radius 3 is 1.77 bits per heavy atom. The fourth-order valence-corrected chi connectivity index (χ4v) is 3.25. The Labute approximate surface area is 160 Å². The quantitative estimate of drug-likeness (QED) is 0.278. The molecular weight excluding hydrogens is 314 g/mol. The lowest BCUT2D eigenvalue weighted by Crippen LogP contribution is -2.24. The first-order valence-corrected chi connectivity index (χ1v) is 10.3. The first kappa shape index (κ1) is 20.5. The fourth-order valence-electron chi connectivity index (χ4n) is 3.25. The van der Waals surface area contributed by atoms with E-state index in [4.69, 9.17) is 0 Å². The molecule has 26 heavy (non-hydrogen) atoms. The third-order valence-corrected chi connectivity index (χ3v) is 4.72. The molecule has 0 bridgehead atoms. The molecule has 0 fully saturated rings. The first-order valence-electron chi connectivity index (χ1n) is 10.3. The molecule has 0 radical (unpaired) electrons. The normalized spacial score (nSPS) is 11.5. The summed E-state index contributed by atoms with van der Waals surface area (Å²) in [6.07, 6.45) is 13.7. The van der Waals surface area contributed by atoms with Crippen molar-refractivity contribution in [2.45, 2.75) is 65.0 Å². The highest BCUT2D eigenvalue weighted by molar-refractivity contribution is 5.17. The molecule has 2 aromatic rings. The molecule has 140 valence electrons. The predicted octanol–water partition coefficient (Wildman–Crippen LogP) is 7.00. The highest BCUT2D eigenvalue weighted by atomic mass is 15.1. The number of nitrogens with zero attached hydrogens (tertiary/aromatic N) is 1. The summed E-state index contributed by atoms with van der Waals surface area (Å²) in [5.41, 5.74) is 2.81. The van der Waals surface area contributed by atoms with E-state index in [1.165, 1.54) is 62.6 Å². The maximum absolute atomic E-state index is 2.59. The van der Waals surface area contributed by atoms with Gasteiger partial charge in [0.25, 0.3) is 0 Å². The number of unbranched alkanes of at least 4 members (excludes halogenated alkanes) is 5. The molecule has 0 N–H and O–H groups in total. The minimum atomic E-state index is 1.04. The Morgan fingerprint density at radius 2 is 1.19 bits per heavy atom. The van der Waals surface area contributed by atoms with Crippen LogP contribution in [0.4, 0.5) is 0 Å². The number of hydrogen-bond donors (Lipinski definition) is 0. The van der Waals surface area contributed by atoms with Crippen molar-refractivity contribution in [3.05, 3.63) is 83.9 Å². The Bertz CT molecular complexity index is 547. The molecule has 0 saturated heterocycles. The second-order valence-corrected chi connectivity index (χ2v) is 7.14. The van der Waals surface area contributed by atoms with Gasteiger partial charge in [0, 0.05) is 13.1 Å². The minimum Gasteiger partial charge on any atom is -0.295 e. The van der Waals surface area contributed by atoms with E-state index in [1.807, 2.05) is 0 Å². The van der Waals surface area contributed by atoms with Gasteiger partial charge >= 0.3 is 0 Å². The van der Waals surface area contributed by atoms with Gasteiger partial charge in [-0.1, -0.05) is 99.0 Å². The average Bonchev–Trinajstić information content (AvgIpc) is 2.68. The number of benzene rings is 2. The van der Waals surface area contributed by atoms with E-state index < -0.39 is 0 Å². The van der Waals surface area contributed by atoms with Crippen molar-refractivity contribution < 1.29 is 0 Å². The zero-order valence-electron chi connectivity index (χ0n) is 16.4. The molecule has 0 aliphatic carbocycles. The van der Waals surface area contributed by atoms with Gasteiger partial charge < -0.3 is 0 Å². The number of rotatable bonds is 13. The molecule has 2 aromatic carbocycles. The smallest absolute Gasteiger partial charge is 0.0237 e. The summed E-state index contributed by atoms with van der Waals surface area (Å²) >= 11 is 0. The second-order valence-electron chi connectivity index (χ2n) is 7.14. The summed E-state index contributed by atoms with van der Waals surface area (Å²) in [6, 6.07) is 21.7. The van der Waals surface area contributed by atoms with Gasteiger partial charge in [0.05, 0.1) is 0 Å². The number of hydrogen-bond acceptors (Lipinski definition) is 1. The van der Waals surface area contributed by atoms with Crippen LogP contribution < -0.4 is 0 Å². The van der Waals surface area contributed by atoms with E-state index in [2.05, 4.69) is 84.6 Å². The fraction of sp³-hybridized carbons (Fsp3) is 0.440. The van der Waals surface area contributed by atoms with Crippen LogP contribution in [-0.4, -0.2) is 11.4 Å². The van der Waals surface area contributed by atoms with Crippen LogP contribution in [0, 0.1) is 0 Å². The SMILES string of the molecule is CCC/C=C/CCCCCCN(Cc1ccccc1)Cc1ccccc1. The second kappa shape index (κ2) is 13.4. The summed E-state index contributed by atoms with van der Waals surface area (Å²) in [6.45, 7) is 5.49.